The monoisotopic (exact) mass is 664 g/mol. The van der Waals surface area contributed by atoms with Gasteiger partial charge in [0.05, 0.1) is 12.2 Å². The van der Waals surface area contributed by atoms with E-state index in [1.165, 1.54) is 11.1 Å². The van der Waals surface area contributed by atoms with Gasteiger partial charge in [-0.2, -0.15) is 0 Å². The van der Waals surface area contributed by atoms with Crippen molar-refractivity contribution >= 4 is 34.9 Å². The molecule has 2 heterocycles. The normalized spacial score (nSPS) is 21.9. The van der Waals surface area contributed by atoms with Crippen molar-refractivity contribution < 1.29 is 19.1 Å². The molecule has 1 unspecified atom stereocenters. The van der Waals surface area contributed by atoms with Gasteiger partial charge in [0.2, 0.25) is 0 Å². The number of ether oxygens (including phenoxy) is 2. The largest absolute Gasteiger partial charge is 0.462 e. The maximum atomic E-state index is 12.3. The van der Waals surface area contributed by atoms with E-state index in [-0.39, 0.29) is 23.5 Å². The highest BCUT2D eigenvalue weighted by Crippen LogP contribution is 2.44. The third kappa shape index (κ3) is 9.97. The van der Waals surface area contributed by atoms with Gasteiger partial charge < -0.3 is 24.6 Å². The molecular weight excluding hydrogens is 612 g/mol. The van der Waals surface area contributed by atoms with Crippen LogP contribution in [0.5, 0.6) is 0 Å². The molecular formula is C38H53ClN4O4. The van der Waals surface area contributed by atoms with Crippen LogP contribution in [-0.4, -0.2) is 92.5 Å². The van der Waals surface area contributed by atoms with E-state index in [4.69, 9.17) is 21.1 Å². The second-order valence-corrected chi connectivity index (χ2v) is 15.2. The van der Waals surface area contributed by atoms with Gasteiger partial charge in [-0.1, -0.05) is 36.2 Å². The van der Waals surface area contributed by atoms with Gasteiger partial charge in [-0.25, -0.2) is 9.59 Å². The molecule has 8 nitrogen and oxygen atoms in total. The number of nitrogens with one attached hydrogen (secondary N) is 1. The number of benzene rings is 2. The lowest BCUT2D eigenvalue weighted by molar-refractivity contribution is 0.0463. The highest BCUT2D eigenvalue weighted by Gasteiger charge is 2.35. The summed E-state index contributed by atoms with van der Waals surface area (Å²) in [6, 6.07) is 16.4. The molecule has 0 bridgehead atoms. The van der Waals surface area contributed by atoms with Crippen molar-refractivity contribution in [2.75, 3.05) is 63.9 Å². The van der Waals surface area contributed by atoms with Gasteiger partial charge in [0.25, 0.3) is 0 Å². The van der Waals surface area contributed by atoms with E-state index < -0.39 is 5.60 Å². The Hall–Kier alpha value is -3.07. The first kappa shape index (κ1) is 35.2. The molecule has 1 N–H and O–H groups in total. The number of rotatable bonds is 9. The molecule has 0 saturated carbocycles. The number of amides is 1. The Labute approximate surface area is 286 Å². The molecule has 1 aliphatic carbocycles. The van der Waals surface area contributed by atoms with Crippen LogP contribution < -0.4 is 10.2 Å². The van der Waals surface area contributed by atoms with E-state index >= 15 is 0 Å². The Morgan fingerprint density at radius 3 is 2.21 bits per heavy atom. The number of piperidine rings is 1. The number of nitrogens with zero attached hydrogens (tertiary/aromatic N) is 3. The summed E-state index contributed by atoms with van der Waals surface area (Å²) >= 11 is 6.28. The predicted molar refractivity (Wildman–Crippen MR) is 190 cm³/mol. The molecule has 5 rings (SSSR count). The number of alkyl carbamates (subject to hydrolysis) is 1. The molecule has 0 radical (unpaired) electrons. The Balaban J connectivity index is 1.20. The lowest BCUT2D eigenvalue weighted by atomic mass is 9.71. The summed E-state index contributed by atoms with van der Waals surface area (Å²) in [6.07, 6.45) is 4.88. The first-order chi connectivity index (χ1) is 22.4. The summed E-state index contributed by atoms with van der Waals surface area (Å²) in [7, 11) is 0. The minimum atomic E-state index is -0.483. The lowest BCUT2D eigenvalue weighted by Crippen LogP contribution is -2.49. The summed E-state index contributed by atoms with van der Waals surface area (Å²) in [5.41, 5.74) is 5.78. The Morgan fingerprint density at radius 1 is 0.936 bits per heavy atom. The number of carbonyl (C=O) groups excluding carboxylic acids is 2. The Morgan fingerprint density at radius 2 is 1.60 bits per heavy atom. The van der Waals surface area contributed by atoms with Crippen LogP contribution in [0.1, 0.15) is 82.6 Å². The van der Waals surface area contributed by atoms with E-state index in [2.05, 4.69) is 39.1 Å². The summed E-state index contributed by atoms with van der Waals surface area (Å²) in [4.78, 5) is 32.0. The lowest BCUT2D eigenvalue weighted by Gasteiger charge is -2.44. The summed E-state index contributed by atoms with van der Waals surface area (Å²) in [5, 5.41) is 3.85. The molecule has 0 spiro atoms. The number of esters is 1. The molecule has 3 aliphatic rings. The number of anilines is 1. The number of hydrogen-bond donors (Lipinski definition) is 1. The topological polar surface area (TPSA) is 74.4 Å². The maximum Gasteiger partial charge on any atom is 0.407 e. The summed E-state index contributed by atoms with van der Waals surface area (Å²) in [5.74, 6) is -0.271. The SMILES string of the molecule is CCOC(=O)c1ccc(N2CCN(CC3=C(c4ccc(Cl)cc4)CCC(C)(CN4CCC(NC(=O)OC(C)(C)C)CC4)C3)CC2)cc1. The molecule has 2 aromatic carbocycles. The van der Waals surface area contributed by atoms with Crippen molar-refractivity contribution in [2.45, 2.75) is 78.4 Å². The average molecular weight is 665 g/mol. The fraction of sp³-hybridized carbons (Fsp3) is 0.579. The van der Waals surface area contributed by atoms with E-state index in [9.17, 15) is 9.59 Å². The molecule has 1 atom stereocenters. The predicted octanol–water partition coefficient (Wildman–Crippen LogP) is 7.27. The minimum absolute atomic E-state index is 0.168. The van der Waals surface area contributed by atoms with Gasteiger partial charge >= 0.3 is 12.1 Å². The van der Waals surface area contributed by atoms with Crippen LogP contribution in [-0.2, 0) is 9.47 Å². The number of halogens is 1. The zero-order valence-corrected chi connectivity index (χ0v) is 29.7. The quantitative estimate of drug-likeness (QED) is 0.283. The molecule has 9 heteroatoms. The Bertz CT molecular complexity index is 1390. The summed E-state index contributed by atoms with van der Waals surface area (Å²) in [6.45, 7) is 18.3. The summed E-state index contributed by atoms with van der Waals surface area (Å²) < 4.78 is 10.6. The molecule has 1 amide bonds. The van der Waals surface area contributed by atoms with Gasteiger partial charge in [-0.3, -0.25) is 4.90 Å². The minimum Gasteiger partial charge on any atom is -0.462 e. The average Bonchev–Trinajstić information content (AvgIpc) is 3.02. The van der Waals surface area contributed by atoms with E-state index in [0.717, 1.165) is 95.2 Å². The van der Waals surface area contributed by atoms with Crippen molar-refractivity contribution in [3.05, 3.63) is 70.3 Å². The van der Waals surface area contributed by atoms with Crippen LogP contribution in [0, 0.1) is 5.41 Å². The van der Waals surface area contributed by atoms with E-state index in [1.54, 1.807) is 5.57 Å². The van der Waals surface area contributed by atoms with Gasteiger partial charge in [0.1, 0.15) is 5.60 Å². The molecule has 2 aromatic rings. The van der Waals surface area contributed by atoms with Gasteiger partial charge in [0.15, 0.2) is 0 Å². The van der Waals surface area contributed by atoms with Crippen LogP contribution in [0.2, 0.25) is 5.02 Å². The van der Waals surface area contributed by atoms with Crippen LogP contribution in [0.3, 0.4) is 0 Å². The number of piperazine rings is 1. The van der Waals surface area contributed by atoms with E-state index in [1.807, 2.05) is 64.1 Å². The molecule has 2 saturated heterocycles. The number of hydrogen-bond acceptors (Lipinski definition) is 7. The molecule has 47 heavy (non-hydrogen) atoms. The van der Waals surface area contributed by atoms with Crippen molar-refractivity contribution in [3.63, 3.8) is 0 Å². The van der Waals surface area contributed by atoms with E-state index in [0.29, 0.717) is 12.2 Å². The third-order valence-corrected chi connectivity index (χ3v) is 9.93. The molecule has 0 aromatic heterocycles. The van der Waals surface area contributed by atoms with Crippen molar-refractivity contribution in [3.8, 4) is 0 Å². The molecule has 256 valence electrons. The second kappa shape index (κ2) is 15.4. The van der Waals surface area contributed by atoms with Crippen molar-refractivity contribution in [1.29, 1.82) is 0 Å². The fourth-order valence-electron chi connectivity index (χ4n) is 7.31. The Kier molecular flexibility index (Phi) is 11.6. The standard InChI is InChI=1S/C38H53ClN4O4/c1-6-46-35(44)29-9-13-33(14-10-29)43-23-21-41(22-24-43)26-30-25-38(5,18-15-34(30)28-7-11-31(39)12-8-28)27-42-19-16-32(17-20-42)40-36(45)47-37(2,3)4/h7-14,32H,6,15-27H2,1-5H3,(H,40,45). The van der Waals surface area contributed by atoms with Crippen LogP contribution in [0.15, 0.2) is 54.1 Å². The van der Waals surface area contributed by atoms with Crippen molar-refractivity contribution in [2.24, 2.45) is 5.41 Å². The van der Waals surface area contributed by atoms with Gasteiger partial charge in [-0.05, 0) is 113 Å². The smallest absolute Gasteiger partial charge is 0.407 e. The van der Waals surface area contributed by atoms with Crippen LogP contribution >= 0.6 is 11.6 Å². The number of carbonyl (C=O) groups is 2. The first-order valence-corrected chi connectivity index (χ1v) is 17.7. The first-order valence-electron chi connectivity index (χ1n) is 17.3. The van der Waals surface area contributed by atoms with Crippen molar-refractivity contribution in [1.82, 2.24) is 15.1 Å². The second-order valence-electron chi connectivity index (χ2n) is 14.8. The zero-order chi connectivity index (χ0) is 33.6. The number of allylic oxidation sites excluding steroid dienone is 1. The zero-order valence-electron chi connectivity index (χ0n) is 28.9. The molecule has 2 fully saturated rings. The van der Waals surface area contributed by atoms with Gasteiger partial charge in [-0.15, -0.1) is 0 Å². The van der Waals surface area contributed by atoms with Crippen LogP contribution in [0.4, 0.5) is 10.5 Å². The highest BCUT2D eigenvalue weighted by atomic mass is 35.5. The highest BCUT2D eigenvalue weighted by molar-refractivity contribution is 6.30. The third-order valence-electron chi connectivity index (χ3n) is 9.68. The van der Waals surface area contributed by atoms with Crippen LogP contribution in [0.25, 0.3) is 5.57 Å². The maximum absolute atomic E-state index is 12.3. The fourth-order valence-corrected chi connectivity index (χ4v) is 7.43. The molecule has 2 aliphatic heterocycles. The van der Waals surface area contributed by atoms with Gasteiger partial charge in [0, 0.05) is 69.1 Å². The number of likely N-dealkylation sites (tertiary alicyclic amines) is 1.